The van der Waals surface area contributed by atoms with Gasteiger partial charge >= 0.3 is 0 Å². The largest absolute Gasteiger partial charge is 0.326 e. The fraction of sp³-hybridized carbons (Fsp3) is 0.167. The van der Waals surface area contributed by atoms with E-state index in [1.807, 2.05) is 0 Å². The summed E-state index contributed by atoms with van der Waals surface area (Å²) in [5.74, 6) is -0.503. The Bertz CT molecular complexity index is 239. The van der Waals surface area contributed by atoms with Crippen molar-refractivity contribution < 1.29 is 4.39 Å². The van der Waals surface area contributed by atoms with E-state index < -0.39 is 5.95 Å². The lowest BCUT2D eigenvalue weighted by atomic mass is 10.3. The normalized spacial score (nSPS) is 9.90. The minimum absolute atomic E-state index is 0.187. The smallest absolute Gasteiger partial charge is 0.218 e. The molecule has 0 fully saturated rings. The van der Waals surface area contributed by atoms with Crippen molar-refractivity contribution in [3.05, 3.63) is 28.2 Å². The van der Waals surface area contributed by atoms with Crippen molar-refractivity contribution in [3.63, 3.8) is 0 Å². The third-order valence-corrected chi connectivity index (χ3v) is 1.55. The number of pyridine rings is 1. The van der Waals surface area contributed by atoms with E-state index in [2.05, 4.69) is 20.9 Å². The maximum absolute atomic E-state index is 12.6. The summed E-state index contributed by atoms with van der Waals surface area (Å²) >= 11 is 3.03. The van der Waals surface area contributed by atoms with Crippen LogP contribution in [0.25, 0.3) is 0 Å². The lowest BCUT2D eigenvalue weighted by molar-refractivity contribution is 0.564. The van der Waals surface area contributed by atoms with Gasteiger partial charge in [-0.1, -0.05) is 6.07 Å². The maximum atomic E-state index is 12.6. The summed E-state index contributed by atoms with van der Waals surface area (Å²) in [4.78, 5) is 3.51. The molecule has 2 nitrogen and oxygen atoms in total. The van der Waals surface area contributed by atoms with Gasteiger partial charge in [-0.3, -0.25) is 0 Å². The number of hydrogen-bond donors (Lipinski definition) is 1. The van der Waals surface area contributed by atoms with Crippen LogP contribution >= 0.6 is 15.9 Å². The summed E-state index contributed by atoms with van der Waals surface area (Å²) in [6, 6.07) is 3.26. The van der Waals surface area contributed by atoms with Gasteiger partial charge in [0.2, 0.25) is 5.95 Å². The highest BCUT2D eigenvalue weighted by atomic mass is 79.9. The molecule has 4 heteroatoms. The fourth-order valence-corrected chi connectivity index (χ4v) is 0.881. The van der Waals surface area contributed by atoms with Crippen molar-refractivity contribution in [2.75, 3.05) is 0 Å². The molecule has 54 valence electrons. The third kappa shape index (κ3) is 1.52. The van der Waals surface area contributed by atoms with Crippen LogP contribution in [0.3, 0.4) is 0 Å². The van der Waals surface area contributed by atoms with Crippen molar-refractivity contribution in [2.45, 2.75) is 6.54 Å². The molecule has 0 saturated carbocycles. The Kier molecular flexibility index (Phi) is 2.34. The van der Waals surface area contributed by atoms with E-state index in [1.54, 1.807) is 12.1 Å². The molecule has 2 N–H and O–H groups in total. The lowest BCUT2D eigenvalue weighted by Gasteiger charge is -1.96. The molecule has 0 saturated heterocycles. The molecule has 10 heavy (non-hydrogen) atoms. The van der Waals surface area contributed by atoms with Gasteiger partial charge in [0.05, 0.1) is 0 Å². The van der Waals surface area contributed by atoms with Gasteiger partial charge in [-0.15, -0.1) is 0 Å². The lowest BCUT2D eigenvalue weighted by Crippen LogP contribution is -2.01. The molecular formula is C6H6BrFN2. The van der Waals surface area contributed by atoms with Crippen molar-refractivity contribution in [1.82, 2.24) is 4.98 Å². The second-order valence-electron chi connectivity index (χ2n) is 1.79. The van der Waals surface area contributed by atoms with E-state index in [1.165, 1.54) is 0 Å². The van der Waals surface area contributed by atoms with E-state index >= 15 is 0 Å². The standard InChI is InChI=1S/C6H6BrFN2/c7-5-2-1-4(3-9)6(8)10-5/h1-2H,3,9H2. The van der Waals surface area contributed by atoms with Gasteiger partial charge < -0.3 is 5.73 Å². The zero-order chi connectivity index (χ0) is 7.56. The SMILES string of the molecule is NCc1ccc(Br)nc1F. The number of halogens is 2. The molecule has 0 aliphatic heterocycles. The highest BCUT2D eigenvalue weighted by Gasteiger charge is 2.00. The molecule has 1 rings (SSSR count). The van der Waals surface area contributed by atoms with Crippen molar-refractivity contribution >= 4 is 15.9 Å². The summed E-state index contributed by atoms with van der Waals surface area (Å²) in [6.45, 7) is 0.187. The van der Waals surface area contributed by atoms with Crippen molar-refractivity contribution in [2.24, 2.45) is 5.73 Å². The van der Waals surface area contributed by atoms with Crippen LogP contribution in [-0.4, -0.2) is 4.98 Å². The van der Waals surface area contributed by atoms with E-state index in [4.69, 9.17) is 5.73 Å². The number of hydrogen-bond acceptors (Lipinski definition) is 2. The molecule has 0 unspecified atom stereocenters. The van der Waals surface area contributed by atoms with Gasteiger partial charge in [-0.25, -0.2) is 4.98 Å². The number of nitrogens with zero attached hydrogens (tertiary/aromatic N) is 1. The zero-order valence-corrected chi connectivity index (χ0v) is 6.73. The van der Waals surface area contributed by atoms with E-state index in [0.717, 1.165) is 0 Å². The van der Waals surface area contributed by atoms with Gasteiger partial charge in [-0.2, -0.15) is 4.39 Å². The van der Waals surface area contributed by atoms with Gasteiger partial charge in [-0.05, 0) is 22.0 Å². The predicted molar refractivity (Wildman–Crippen MR) is 39.8 cm³/mol. The van der Waals surface area contributed by atoms with Crippen LogP contribution in [0.15, 0.2) is 16.7 Å². The molecule has 0 aromatic carbocycles. The number of aromatic nitrogens is 1. The molecule has 0 amide bonds. The Morgan fingerprint density at radius 3 is 2.80 bits per heavy atom. The first kappa shape index (κ1) is 7.63. The average molecular weight is 205 g/mol. The molecular weight excluding hydrogens is 199 g/mol. The Labute approximate surface area is 66.4 Å². The van der Waals surface area contributed by atoms with Crippen LogP contribution in [0.1, 0.15) is 5.56 Å². The zero-order valence-electron chi connectivity index (χ0n) is 5.14. The maximum Gasteiger partial charge on any atom is 0.218 e. The number of nitrogens with two attached hydrogens (primary N) is 1. The van der Waals surface area contributed by atoms with Crippen molar-refractivity contribution in [1.29, 1.82) is 0 Å². The van der Waals surface area contributed by atoms with Gasteiger partial charge in [0.25, 0.3) is 0 Å². The second kappa shape index (κ2) is 3.07. The van der Waals surface area contributed by atoms with E-state index in [9.17, 15) is 4.39 Å². The van der Waals surface area contributed by atoms with Crippen LogP contribution in [-0.2, 0) is 6.54 Å². The highest BCUT2D eigenvalue weighted by Crippen LogP contribution is 2.09. The average Bonchev–Trinajstić information content (AvgIpc) is 1.88. The summed E-state index contributed by atoms with van der Waals surface area (Å²) in [5, 5.41) is 0. The molecule has 0 bridgehead atoms. The minimum atomic E-state index is -0.503. The summed E-state index contributed by atoms with van der Waals surface area (Å²) in [7, 11) is 0. The molecule has 0 atom stereocenters. The summed E-state index contributed by atoms with van der Waals surface area (Å²) < 4.78 is 13.1. The quantitative estimate of drug-likeness (QED) is 0.704. The van der Waals surface area contributed by atoms with E-state index in [0.29, 0.717) is 10.2 Å². The minimum Gasteiger partial charge on any atom is -0.326 e. The first-order chi connectivity index (χ1) is 4.74. The molecule has 0 radical (unpaired) electrons. The van der Waals surface area contributed by atoms with Crippen LogP contribution in [0.5, 0.6) is 0 Å². The Morgan fingerprint density at radius 1 is 1.60 bits per heavy atom. The van der Waals surface area contributed by atoms with Crippen LogP contribution < -0.4 is 5.73 Å². The summed E-state index contributed by atoms with van der Waals surface area (Å²) in [6.07, 6.45) is 0. The highest BCUT2D eigenvalue weighted by molar-refractivity contribution is 9.10. The monoisotopic (exact) mass is 204 g/mol. The van der Waals surface area contributed by atoms with Crippen LogP contribution in [0.4, 0.5) is 4.39 Å². The second-order valence-corrected chi connectivity index (χ2v) is 2.60. The van der Waals surface area contributed by atoms with Crippen molar-refractivity contribution in [3.8, 4) is 0 Å². The molecule has 1 heterocycles. The van der Waals surface area contributed by atoms with E-state index in [-0.39, 0.29) is 6.54 Å². The first-order valence-electron chi connectivity index (χ1n) is 2.75. The molecule has 0 spiro atoms. The first-order valence-corrected chi connectivity index (χ1v) is 3.54. The Balaban J connectivity index is 3.07. The molecule has 0 aliphatic carbocycles. The molecule has 1 aromatic heterocycles. The summed E-state index contributed by atoms with van der Waals surface area (Å²) in [5.41, 5.74) is 5.64. The Morgan fingerprint density at radius 2 is 2.30 bits per heavy atom. The van der Waals surface area contributed by atoms with Gasteiger partial charge in [0, 0.05) is 12.1 Å². The topological polar surface area (TPSA) is 38.9 Å². The van der Waals surface area contributed by atoms with Crippen LogP contribution in [0.2, 0.25) is 0 Å². The Hall–Kier alpha value is -0.480. The molecule has 0 aliphatic rings. The van der Waals surface area contributed by atoms with Gasteiger partial charge in [0.15, 0.2) is 0 Å². The number of rotatable bonds is 1. The molecule has 1 aromatic rings. The van der Waals surface area contributed by atoms with Crippen LogP contribution in [0, 0.1) is 5.95 Å². The third-order valence-electron chi connectivity index (χ3n) is 1.11. The predicted octanol–water partition coefficient (Wildman–Crippen LogP) is 1.44. The fourth-order valence-electron chi connectivity index (χ4n) is 0.593. The van der Waals surface area contributed by atoms with Gasteiger partial charge in [0.1, 0.15) is 4.60 Å².